The highest BCUT2D eigenvalue weighted by Crippen LogP contribution is 2.42. The first-order valence-electron chi connectivity index (χ1n) is 10.1. The topological polar surface area (TPSA) is 39.4 Å². The van der Waals surface area contributed by atoms with Crippen molar-refractivity contribution in [3.63, 3.8) is 0 Å². The molecule has 0 aliphatic rings. The minimum absolute atomic E-state index is 0.259. The van der Waals surface area contributed by atoms with Gasteiger partial charge in [-0.3, -0.25) is 0 Å². The van der Waals surface area contributed by atoms with Gasteiger partial charge in [0.05, 0.1) is 7.11 Å². The number of nitrogens with zero attached hydrogens (tertiary/aromatic N) is 1. The maximum Gasteiger partial charge on any atom is 0.602 e. The Kier molecular flexibility index (Phi) is 7.41. The summed E-state index contributed by atoms with van der Waals surface area (Å²) in [5, 5.41) is 1.19. The van der Waals surface area contributed by atoms with Crippen molar-refractivity contribution in [2.45, 2.75) is 64.8 Å². The molecule has 0 amide bonds. The molecule has 0 aliphatic carbocycles. The number of rotatable bonds is 7. The van der Waals surface area contributed by atoms with E-state index in [4.69, 9.17) is 9.47 Å². The Morgan fingerprint density at radius 3 is 2.04 bits per heavy atom. The lowest BCUT2D eigenvalue weighted by atomic mass is 10.2. The molecule has 152 valence electrons. The lowest BCUT2D eigenvalue weighted by Crippen LogP contribution is -2.59. The molecule has 0 spiro atoms. The van der Waals surface area contributed by atoms with Gasteiger partial charge in [-0.25, -0.2) is 0 Å². The Bertz CT molecular complexity index is 766. The summed E-state index contributed by atoms with van der Waals surface area (Å²) in [5.41, 5.74) is 2.51. The molecule has 0 saturated carbocycles. The highest BCUT2D eigenvalue weighted by atomic mass is 28.3. The van der Waals surface area contributed by atoms with Crippen molar-refractivity contribution in [3.05, 3.63) is 54.4 Å². The molecule has 0 N–H and O–H groups in total. The summed E-state index contributed by atoms with van der Waals surface area (Å²) >= 11 is 0. The van der Waals surface area contributed by atoms with Gasteiger partial charge in [-0.2, -0.15) is 4.79 Å². The van der Waals surface area contributed by atoms with Gasteiger partial charge in [0.15, 0.2) is 12.4 Å². The molecule has 0 fully saturated rings. The van der Waals surface area contributed by atoms with E-state index in [1.807, 2.05) is 42.6 Å². The van der Waals surface area contributed by atoms with Gasteiger partial charge in [-0.15, -0.1) is 0 Å². The van der Waals surface area contributed by atoms with Crippen LogP contribution in [0, 0.1) is 0 Å². The summed E-state index contributed by atoms with van der Waals surface area (Å²) in [7, 11) is -0.282. The molecule has 0 bridgehead atoms. The van der Waals surface area contributed by atoms with Gasteiger partial charge in [0, 0.05) is 11.3 Å². The lowest BCUT2D eigenvalue weighted by molar-refractivity contribution is -0.585. The zero-order chi connectivity index (χ0) is 20.9. The molecule has 2 aromatic rings. The third-order valence-electron chi connectivity index (χ3n) is 5.89. The van der Waals surface area contributed by atoms with Gasteiger partial charge in [0.2, 0.25) is 0 Å². The number of hydrogen-bond acceptors (Lipinski definition) is 3. The number of pyridine rings is 1. The molecule has 5 heteroatoms. The van der Waals surface area contributed by atoms with Crippen LogP contribution in [0.3, 0.4) is 0 Å². The van der Waals surface area contributed by atoms with Crippen LogP contribution in [0.5, 0.6) is 5.75 Å². The van der Waals surface area contributed by atoms with E-state index in [0.717, 1.165) is 11.3 Å². The zero-order valence-corrected chi connectivity index (χ0v) is 19.2. The Morgan fingerprint density at radius 1 is 0.964 bits per heavy atom. The largest absolute Gasteiger partial charge is 0.602 e. The Labute approximate surface area is 170 Å². The van der Waals surface area contributed by atoms with Crippen LogP contribution in [0.25, 0.3) is 0 Å². The van der Waals surface area contributed by atoms with Crippen LogP contribution in [0.1, 0.15) is 47.1 Å². The predicted octanol–water partition coefficient (Wildman–Crippen LogP) is 5.05. The third-order valence-corrected chi connectivity index (χ3v) is 12.9. The maximum absolute atomic E-state index is 12.7. The lowest BCUT2D eigenvalue weighted by Gasteiger charge is -2.43. The van der Waals surface area contributed by atoms with E-state index in [9.17, 15) is 4.79 Å². The van der Waals surface area contributed by atoms with Crippen LogP contribution >= 0.6 is 0 Å². The maximum atomic E-state index is 12.7. The highest BCUT2D eigenvalue weighted by molar-refractivity contribution is 6.95. The van der Waals surface area contributed by atoms with Gasteiger partial charge in [0.1, 0.15) is 20.4 Å². The summed E-state index contributed by atoms with van der Waals surface area (Å²) < 4.78 is 12.8. The number of ether oxygens (including phenoxy) is 2. The van der Waals surface area contributed by atoms with Gasteiger partial charge < -0.3 is 9.47 Å². The van der Waals surface area contributed by atoms with Crippen molar-refractivity contribution >= 4 is 19.4 Å². The van der Waals surface area contributed by atoms with Crippen LogP contribution in [0.15, 0.2) is 48.8 Å². The zero-order valence-electron chi connectivity index (χ0n) is 18.2. The van der Waals surface area contributed by atoms with E-state index in [1.54, 1.807) is 17.9 Å². The fraction of sp³-hybridized carbons (Fsp3) is 0.478. The SMILES string of the molecule is COc1cc[n+](C(=O)OCc2ccccc2)cc1[Si](C(C)C)(C(C)C)C(C)C. The second kappa shape index (κ2) is 9.37. The van der Waals surface area contributed by atoms with E-state index in [0.29, 0.717) is 16.6 Å². The van der Waals surface area contributed by atoms with E-state index >= 15 is 0 Å². The van der Waals surface area contributed by atoms with Crippen molar-refractivity contribution in [3.8, 4) is 5.75 Å². The molecule has 1 aromatic carbocycles. The Hall–Kier alpha value is -2.14. The average molecular weight is 401 g/mol. The van der Waals surface area contributed by atoms with Crippen LogP contribution in [0.2, 0.25) is 16.6 Å². The molecule has 0 radical (unpaired) electrons. The summed E-state index contributed by atoms with van der Waals surface area (Å²) in [5.74, 6) is 0.870. The number of carbonyl (C=O) groups is 1. The van der Waals surface area contributed by atoms with Crippen LogP contribution in [-0.4, -0.2) is 21.3 Å². The van der Waals surface area contributed by atoms with Crippen molar-refractivity contribution < 1.29 is 18.8 Å². The van der Waals surface area contributed by atoms with Crippen molar-refractivity contribution in [1.82, 2.24) is 0 Å². The Balaban J connectivity index is 2.43. The minimum Gasteiger partial charge on any atom is -0.496 e. The smallest absolute Gasteiger partial charge is 0.496 e. The molecule has 0 saturated heterocycles. The second-order valence-corrected chi connectivity index (χ2v) is 14.1. The van der Waals surface area contributed by atoms with Crippen molar-refractivity contribution in [1.29, 1.82) is 0 Å². The average Bonchev–Trinajstić information content (AvgIpc) is 2.66. The third kappa shape index (κ3) is 4.30. The Morgan fingerprint density at radius 2 is 1.54 bits per heavy atom. The first kappa shape index (κ1) is 22.1. The fourth-order valence-corrected chi connectivity index (χ4v) is 11.7. The summed E-state index contributed by atoms with van der Waals surface area (Å²) in [6.45, 7) is 14.1. The van der Waals surface area contributed by atoms with Crippen LogP contribution in [0.4, 0.5) is 4.79 Å². The summed E-state index contributed by atoms with van der Waals surface area (Å²) in [4.78, 5) is 12.7. The first-order chi connectivity index (χ1) is 13.2. The first-order valence-corrected chi connectivity index (χ1v) is 12.3. The van der Waals surface area contributed by atoms with Gasteiger partial charge in [0.25, 0.3) is 0 Å². The quantitative estimate of drug-likeness (QED) is 0.482. The number of carbonyl (C=O) groups excluding carboxylic acids is 1. The molecular formula is C23H34NO3Si+. The number of benzene rings is 1. The molecule has 1 heterocycles. The van der Waals surface area contributed by atoms with E-state index in [-0.39, 0.29) is 12.7 Å². The summed E-state index contributed by atoms with van der Waals surface area (Å²) in [6.07, 6.45) is 3.32. The number of hydrogen-bond donors (Lipinski definition) is 0. The molecule has 2 rings (SSSR count). The number of methoxy groups -OCH3 is 1. The van der Waals surface area contributed by atoms with E-state index < -0.39 is 8.07 Å². The number of aromatic nitrogens is 1. The summed E-state index contributed by atoms with van der Waals surface area (Å²) in [6, 6.07) is 11.6. The van der Waals surface area contributed by atoms with E-state index in [1.165, 1.54) is 5.19 Å². The van der Waals surface area contributed by atoms with Gasteiger partial charge in [-0.05, 0) is 22.2 Å². The second-order valence-electron chi connectivity index (χ2n) is 8.27. The van der Waals surface area contributed by atoms with Crippen LogP contribution < -0.4 is 14.5 Å². The van der Waals surface area contributed by atoms with Crippen LogP contribution in [-0.2, 0) is 11.3 Å². The van der Waals surface area contributed by atoms with Crippen molar-refractivity contribution in [2.75, 3.05) is 7.11 Å². The highest BCUT2D eigenvalue weighted by Gasteiger charge is 2.48. The van der Waals surface area contributed by atoms with Crippen molar-refractivity contribution in [2.24, 2.45) is 0 Å². The molecule has 1 aromatic heterocycles. The molecular weight excluding hydrogens is 366 g/mol. The molecule has 0 aliphatic heterocycles. The molecule has 4 nitrogen and oxygen atoms in total. The van der Waals surface area contributed by atoms with E-state index in [2.05, 4.69) is 41.5 Å². The van der Waals surface area contributed by atoms with Gasteiger partial charge in [-0.1, -0.05) is 76.4 Å². The molecule has 28 heavy (non-hydrogen) atoms. The molecule has 0 atom stereocenters. The minimum atomic E-state index is -1.99. The standard InChI is InChI=1S/C23H34NO3Si/c1-17(2)28(18(3)4,19(5)6)22-15-24(14-13-21(22)26-7)23(25)27-16-20-11-9-8-10-12-20/h8-15,17-19H,16H2,1-7H3/q+1. The van der Waals surface area contributed by atoms with Gasteiger partial charge >= 0.3 is 6.09 Å². The predicted molar refractivity (Wildman–Crippen MR) is 116 cm³/mol. The fourth-order valence-electron chi connectivity index (χ4n) is 4.83. The normalized spacial score (nSPS) is 11.9. The molecule has 0 unspecified atom stereocenters. The monoisotopic (exact) mass is 400 g/mol.